The fourth-order valence-electron chi connectivity index (χ4n) is 8.01. The van der Waals surface area contributed by atoms with E-state index in [1.807, 2.05) is 27.7 Å². The van der Waals surface area contributed by atoms with Crippen LogP contribution in [0.25, 0.3) is 0 Å². The van der Waals surface area contributed by atoms with Gasteiger partial charge in [0.1, 0.15) is 23.2 Å². The van der Waals surface area contributed by atoms with Gasteiger partial charge < -0.3 is 25.0 Å². The summed E-state index contributed by atoms with van der Waals surface area (Å²) in [6.07, 6.45) is 1.79. The van der Waals surface area contributed by atoms with E-state index in [1.54, 1.807) is 0 Å². The topological polar surface area (TPSA) is 248 Å². The molecule has 2 saturated heterocycles. The molecule has 17 nitrogen and oxygen atoms in total. The van der Waals surface area contributed by atoms with Crippen molar-refractivity contribution in [2.24, 2.45) is 39.7 Å². The zero-order valence-corrected chi connectivity index (χ0v) is 35.0. The van der Waals surface area contributed by atoms with E-state index in [-0.39, 0.29) is 68.2 Å². The minimum atomic E-state index is -4.74. The molecular weight excluding hydrogens is 814 g/mol. The Hall–Kier alpha value is -4.20. The molecule has 5 N–H and O–H groups in total. The summed E-state index contributed by atoms with van der Waals surface area (Å²) in [5.41, 5.74) is 7.58. The number of nitrogens with zero attached hydrogens (tertiary/aromatic N) is 4. The normalized spacial score (nSPS) is 22.3. The van der Waals surface area contributed by atoms with E-state index in [0.29, 0.717) is 42.9 Å². The Balaban J connectivity index is 1.29. The highest BCUT2D eigenvalue weighted by molar-refractivity contribution is 7.89. The predicted molar refractivity (Wildman–Crippen MR) is 212 cm³/mol. The number of nitrogens with two attached hydrogens (primary N) is 1. The predicted octanol–water partition coefficient (Wildman–Crippen LogP) is 3.87. The molecule has 3 aromatic carbocycles. The van der Waals surface area contributed by atoms with E-state index in [2.05, 4.69) is 14.8 Å². The van der Waals surface area contributed by atoms with Gasteiger partial charge >= 0.3 is 13.8 Å². The van der Waals surface area contributed by atoms with E-state index >= 15 is 0 Å². The first-order valence-corrected chi connectivity index (χ1v) is 23.2. The molecule has 5 atom stereocenters. The molecule has 0 radical (unpaired) electrons. The van der Waals surface area contributed by atoms with Gasteiger partial charge in [-0.3, -0.25) is 14.6 Å². The van der Waals surface area contributed by atoms with Gasteiger partial charge in [0.2, 0.25) is 20.0 Å². The van der Waals surface area contributed by atoms with Crippen LogP contribution in [0.5, 0.6) is 5.75 Å². The third-order valence-corrected chi connectivity index (χ3v) is 14.5. The van der Waals surface area contributed by atoms with Crippen molar-refractivity contribution in [3.63, 3.8) is 0 Å². The van der Waals surface area contributed by atoms with Crippen LogP contribution in [0.3, 0.4) is 0 Å². The first-order valence-electron chi connectivity index (χ1n) is 18.7. The number of phosphoric ester groups is 1. The zero-order chi connectivity index (χ0) is 42.2. The van der Waals surface area contributed by atoms with Crippen molar-refractivity contribution in [1.82, 2.24) is 8.61 Å². The van der Waals surface area contributed by atoms with Crippen LogP contribution >= 0.6 is 7.82 Å². The van der Waals surface area contributed by atoms with E-state index in [1.165, 1.54) is 69.3 Å². The van der Waals surface area contributed by atoms with E-state index in [9.17, 15) is 31.4 Å². The number of piperidine rings is 2. The van der Waals surface area contributed by atoms with Gasteiger partial charge in [0.15, 0.2) is 0 Å². The van der Waals surface area contributed by atoms with Crippen molar-refractivity contribution in [3.8, 4) is 5.75 Å². The number of rotatable bonds is 12. The van der Waals surface area contributed by atoms with Gasteiger partial charge in [-0.1, -0.05) is 62.3 Å². The average molecular weight is 862 g/mol. The molecule has 0 saturated carbocycles. The first kappa shape index (κ1) is 43.4. The summed E-state index contributed by atoms with van der Waals surface area (Å²) in [6.45, 7) is 8.66. The van der Waals surface area contributed by atoms with Gasteiger partial charge in [0.05, 0.1) is 9.79 Å². The fraction of sp³-hybridized carbons (Fsp3) is 0.447. The summed E-state index contributed by atoms with van der Waals surface area (Å²) in [4.78, 5) is 36.1. The number of benzene rings is 3. The molecule has 0 spiro atoms. The molecule has 58 heavy (non-hydrogen) atoms. The number of sulfonamides is 2. The van der Waals surface area contributed by atoms with Gasteiger partial charge in [-0.25, -0.2) is 21.4 Å². The van der Waals surface area contributed by atoms with Crippen molar-refractivity contribution < 1.29 is 55.3 Å². The second-order valence-electron chi connectivity index (χ2n) is 15.6. The Morgan fingerprint density at radius 2 is 1.24 bits per heavy atom. The van der Waals surface area contributed by atoms with Crippen LogP contribution in [-0.2, 0) is 45.4 Å². The van der Waals surface area contributed by atoms with Crippen molar-refractivity contribution >= 4 is 45.3 Å². The Bertz CT molecular complexity index is 2240. The second-order valence-corrected chi connectivity index (χ2v) is 20.6. The van der Waals surface area contributed by atoms with Crippen molar-refractivity contribution in [1.29, 1.82) is 0 Å². The van der Waals surface area contributed by atoms with E-state index in [4.69, 9.17) is 25.1 Å². The molecule has 0 amide bonds. The Morgan fingerprint density at radius 1 is 0.776 bits per heavy atom. The van der Waals surface area contributed by atoms with Crippen molar-refractivity contribution in [3.05, 3.63) is 88.5 Å². The SMILES string of the molecule is C[C@@H]1C[C@H](C)CN(S(=O)(=O)c2ccc3c(c2)C(=NO)c2cc(S(=O)(=O)N4C[C@H](C)C[C@H](C)C4)ccc2C3=NOCOC(=O)C(N)Cc2ccc(OP(=O)(O)O)cc2)C1. The molecule has 314 valence electrons. The van der Waals surface area contributed by atoms with Crippen LogP contribution in [0, 0.1) is 23.7 Å². The van der Waals surface area contributed by atoms with Crippen LogP contribution in [0.15, 0.2) is 80.8 Å². The smallest absolute Gasteiger partial charge is 0.424 e. The van der Waals surface area contributed by atoms with Crippen molar-refractivity contribution in [2.75, 3.05) is 33.0 Å². The number of phosphoric acid groups is 1. The summed E-state index contributed by atoms with van der Waals surface area (Å²) in [5.74, 6) is -0.332. The lowest BCUT2D eigenvalue weighted by atomic mass is 9.83. The van der Waals surface area contributed by atoms with Crippen LogP contribution in [0.1, 0.15) is 68.4 Å². The molecule has 6 rings (SSSR count). The quantitative estimate of drug-likeness (QED) is 0.0395. The molecule has 0 aromatic heterocycles. The number of esters is 1. The summed E-state index contributed by atoms with van der Waals surface area (Å²) in [5, 5.41) is 18.3. The number of ether oxygens (including phenoxy) is 1. The summed E-state index contributed by atoms with van der Waals surface area (Å²) < 4.78 is 79.7. The average Bonchev–Trinajstić information content (AvgIpc) is 3.15. The number of fused-ring (bicyclic) bond motifs is 2. The van der Waals surface area contributed by atoms with E-state index < -0.39 is 46.7 Å². The maximum Gasteiger partial charge on any atom is 0.524 e. The van der Waals surface area contributed by atoms with Crippen LogP contribution in [0.2, 0.25) is 0 Å². The number of carbonyl (C=O) groups is 1. The lowest BCUT2D eigenvalue weighted by molar-refractivity contribution is -0.157. The Labute approximate surface area is 337 Å². The standard InChI is InChI=1S/C38H48N5O12PS2/c1-23-13-24(2)19-42(18-23)57(49,50)29-9-11-31-33(16-29)36(40-45)34-17-30(58(51,52)43-20-25(3)14-26(4)21-43)10-12-32(34)37(31)41-54-22-53-38(44)35(39)15-27-5-7-28(8-6-27)55-56(46,47)48/h5-12,16-17,23-26,35,45H,13-15,18-22,39H2,1-4H3,(H2,46,47,48)/t23-,24+,25-,26+,35?. The monoisotopic (exact) mass is 861 g/mol. The molecule has 2 aliphatic heterocycles. The second kappa shape index (κ2) is 17.2. The molecule has 2 heterocycles. The lowest BCUT2D eigenvalue weighted by Crippen LogP contribution is -2.42. The molecule has 3 aromatic rings. The molecule has 1 unspecified atom stereocenters. The maximum absolute atomic E-state index is 14.0. The Kier molecular flexibility index (Phi) is 12.9. The highest BCUT2D eigenvalue weighted by Gasteiger charge is 2.37. The molecular formula is C38H48N5O12PS2. The summed E-state index contributed by atoms with van der Waals surface area (Å²) in [7, 11) is -12.7. The fourth-order valence-corrected chi connectivity index (χ4v) is 11.8. The highest BCUT2D eigenvalue weighted by Crippen LogP contribution is 2.38. The van der Waals surface area contributed by atoms with Crippen LogP contribution in [0.4, 0.5) is 0 Å². The molecule has 2 fully saturated rings. The van der Waals surface area contributed by atoms with Gasteiger partial charge in [0.25, 0.3) is 6.79 Å². The lowest BCUT2D eigenvalue weighted by Gasteiger charge is -2.34. The number of hydrogen-bond donors (Lipinski definition) is 4. The zero-order valence-electron chi connectivity index (χ0n) is 32.5. The van der Waals surface area contributed by atoms with Gasteiger partial charge in [0, 0.05) is 48.4 Å². The third kappa shape index (κ3) is 9.63. The van der Waals surface area contributed by atoms with Gasteiger partial charge in [-0.15, -0.1) is 0 Å². The number of hydrogen-bond acceptors (Lipinski definition) is 13. The van der Waals surface area contributed by atoms with Crippen LogP contribution in [-0.4, -0.2) is 96.8 Å². The first-order chi connectivity index (χ1) is 27.3. The summed E-state index contributed by atoms with van der Waals surface area (Å²) >= 11 is 0. The molecule has 0 bridgehead atoms. The van der Waals surface area contributed by atoms with Gasteiger partial charge in [-0.2, -0.15) is 8.61 Å². The van der Waals surface area contributed by atoms with Crippen LogP contribution < -0.4 is 10.3 Å². The largest absolute Gasteiger partial charge is 0.524 e. The minimum Gasteiger partial charge on any atom is -0.424 e. The minimum absolute atomic E-state index is 0.00848. The maximum atomic E-state index is 14.0. The number of carbonyl (C=O) groups excluding carboxylic acids is 1. The Morgan fingerprint density at radius 3 is 1.67 bits per heavy atom. The third-order valence-electron chi connectivity index (χ3n) is 10.4. The summed E-state index contributed by atoms with van der Waals surface area (Å²) in [6, 6.07) is 13.1. The van der Waals surface area contributed by atoms with Crippen molar-refractivity contribution in [2.45, 2.75) is 62.8 Å². The molecule has 1 aliphatic carbocycles. The number of oxime groups is 2. The van der Waals surface area contributed by atoms with Gasteiger partial charge in [-0.05, 0) is 84.9 Å². The molecule has 3 aliphatic rings. The molecule has 20 heteroatoms. The highest BCUT2D eigenvalue weighted by atomic mass is 32.2. The van der Waals surface area contributed by atoms with E-state index in [0.717, 1.165) is 12.8 Å².